The third-order valence-corrected chi connectivity index (χ3v) is 5.54. The van der Waals surface area contributed by atoms with Gasteiger partial charge in [-0.2, -0.15) is 0 Å². The number of aromatic nitrogens is 1. The van der Waals surface area contributed by atoms with Gasteiger partial charge in [0, 0.05) is 38.0 Å². The molecule has 0 radical (unpaired) electrons. The average molecular weight is 378 g/mol. The third-order valence-electron chi connectivity index (χ3n) is 4.61. The molecule has 0 bridgehead atoms. The van der Waals surface area contributed by atoms with Crippen molar-refractivity contribution in [3.8, 4) is 0 Å². The van der Waals surface area contributed by atoms with E-state index in [0.717, 1.165) is 6.54 Å². The van der Waals surface area contributed by atoms with E-state index in [1.165, 1.54) is 19.1 Å². The SMILES string of the molecule is Cc1cc(C(=O)N[C@H]2CN(CCS(C)(=O)=O)C[C@@H]2C2CC2)on1.Cl. The van der Waals surface area contributed by atoms with E-state index in [-0.39, 0.29) is 35.9 Å². The molecule has 2 fully saturated rings. The standard InChI is InChI=1S/C15H23N3O4S.ClH/c1-10-7-14(22-17-10)15(19)16-13-9-18(5-6-23(2,20)21)8-12(13)11-3-4-11;/h7,11-13H,3-6,8-9H2,1-2H3,(H,16,19);1H/t12-,13+;/m1./s1. The summed E-state index contributed by atoms with van der Waals surface area (Å²) in [7, 11) is -2.97. The lowest BCUT2D eigenvalue weighted by atomic mass is 9.98. The van der Waals surface area contributed by atoms with Crippen molar-refractivity contribution in [3.63, 3.8) is 0 Å². The maximum Gasteiger partial charge on any atom is 0.290 e. The van der Waals surface area contributed by atoms with E-state index in [2.05, 4.69) is 15.4 Å². The minimum absolute atomic E-state index is 0. The number of sulfone groups is 1. The Hall–Kier alpha value is -1.12. The first-order chi connectivity index (χ1) is 10.8. The summed E-state index contributed by atoms with van der Waals surface area (Å²) < 4.78 is 27.7. The predicted octanol–water partition coefficient (Wildman–Crippen LogP) is 0.890. The molecule has 2 aliphatic rings. The zero-order chi connectivity index (χ0) is 16.6. The van der Waals surface area contributed by atoms with Crippen LogP contribution < -0.4 is 5.32 Å². The lowest BCUT2D eigenvalue weighted by molar-refractivity contribution is 0.0890. The summed E-state index contributed by atoms with van der Waals surface area (Å²) in [4.78, 5) is 14.4. The van der Waals surface area contributed by atoms with Gasteiger partial charge in [-0.25, -0.2) is 8.42 Å². The van der Waals surface area contributed by atoms with E-state index in [4.69, 9.17) is 4.52 Å². The Kier molecular flexibility index (Phi) is 5.93. The van der Waals surface area contributed by atoms with Gasteiger partial charge in [-0.1, -0.05) is 5.16 Å². The normalized spacial score (nSPS) is 24.6. The summed E-state index contributed by atoms with van der Waals surface area (Å²) in [6.07, 6.45) is 3.64. The molecule has 0 aromatic carbocycles. The number of carbonyl (C=O) groups is 1. The van der Waals surface area contributed by atoms with Gasteiger partial charge in [-0.3, -0.25) is 9.69 Å². The number of nitrogens with one attached hydrogen (secondary N) is 1. The van der Waals surface area contributed by atoms with Crippen LogP contribution in [0.15, 0.2) is 10.6 Å². The van der Waals surface area contributed by atoms with Crippen molar-refractivity contribution >= 4 is 28.2 Å². The number of carbonyl (C=O) groups excluding carboxylic acids is 1. The minimum Gasteiger partial charge on any atom is -0.351 e. The third kappa shape index (κ3) is 4.94. The summed E-state index contributed by atoms with van der Waals surface area (Å²) in [6.45, 7) is 3.84. The summed E-state index contributed by atoms with van der Waals surface area (Å²) in [5, 5.41) is 6.78. The molecule has 1 saturated carbocycles. The summed E-state index contributed by atoms with van der Waals surface area (Å²) in [6, 6.07) is 1.66. The molecule has 1 amide bonds. The lowest BCUT2D eigenvalue weighted by Crippen LogP contribution is -2.41. The van der Waals surface area contributed by atoms with E-state index in [1.807, 2.05) is 0 Å². The van der Waals surface area contributed by atoms with Crippen LogP contribution in [0.4, 0.5) is 0 Å². The van der Waals surface area contributed by atoms with Crippen LogP contribution in [-0.2, 0) is 9.84 Å². The molecule has 1 aliphatic heterocycles. The van der Waals surface area contributed by atoms with Gasteiger partial charge < -0.3 is 9.84 Å². The van der Waals surface area contributed by atoms with Crippen LogP contribution in [0.25, 0.3) is 0 Å². The number of likely N-dealkylation sites (tertiary alicyclic amines) is 1. The molecule has 1 aromatic rings. The highest BCUT2D eigenvalue weighted by Crippen LogP contribution is 2.41. The Morgan fingerprint density at radius 2 is 2.12 bits per heavy atom. The predicted molar refractivity (Wildman–Crippen MR) is 92.1 cm³/mol. The number of rotatable bonds is 6. The fourth-order valence-electron chi connectivity index (χ4n) is 3.26. The Morgan fingerprint density at radius 3 is 2.67 bits per heavy atom. The summed E-state index contributed by atoms with van der Waals surface area (Å²) >= 11 is 0. The lowest BCUT2D eigenvalue weighted by Gasteiger charge is -2.18. The van der Waals surface area contributed by atoms with Crippen LogP contribution in [0.2, 0.25) is 0 Å². The second-order valence-corrected chi connectivity index (χ2v) is 9.06. The quantitative estimate of drug-likeness (QED) is 0.791. The average Bonchev–Trinajstić information content (AvgIpc) is 3.08. The Morgan fingerprint density at radius 1 is 1.42 bits per heavy atom. The van der Waals surface area contributed by atoms with Crippen molar-refractivity contribution in [2.75, 3.05) is 31.6 Å². The Balaban J connectivity index is 0.00000208. The molecule has 2 heterocycles. The van der Waals surface area contributed by atoms with Crippen LogP contribution in [0.5, 0.6) is 0 Å². The Labute approximate surface area is 148 Å². The van der Waals surface area contributed by atoms with Crippen LogP contribution in [0.1, 0.15) is 29.1 Å². The number of hydrogen-bond acceptors (Lipinski definition) is 6. The zero-order valence-corrected chi connectivity index (χ0v) is 15.5. The van der Waals surface area contributed by atoms with Crippen molar-refractivity contribution in [1.82, 2.24) is 15.4 Å². The monoisotopic (exact) mass is 377 g/mol. The second kappa shape index (κ2) is 7.41. The van der Waals surface area contributed by atoms with Gasteiger partial charge in [-0.15, -0.1) is 12.4 Å². The van der Waals surface area contributed by atoms with Crippen molar-refractivity contribution in [1.29, 1.82) is 0 Å². The molecule has 1 aliphatic carbocycles. The number of nitrogens with zero attached hydrogens (tertiary/aromatic N) is 2. The van der Waals surface area contributed by atoms with Gasteiger partial charge in [0.25, 0.3) is 5.91 Å². The van der Waals surface area contributed by atoms with Crippen molar-refractivity contribution in [2.45, 2.75) is 25.8 Å². The molecule has 7 nitrogen and oxygen atoms in total. The van der Waals surface area contributed by atoms with E-state index in [1.54, 1.807) is 13.0 Å². The molecule has 2 atom stereocenters. The second-order valence-electron chi connectivity index (χ2n) is 6.80. The molecular formula is C15H24ClN3O4S. The molecule has 1 N–H and O–H groups in total. The molecule has 136 valence electrons. The number of amides is 1. The first-order valence-corrected chi connectivity index (χ1v) is 10.0. The van der Waals surface area contributed by atoms with Gasteiger partial charge in [0.15, 0.2) is 0 Å². The zero-order valence-electron chi connectivity index (χ0n) is 13.9. The molecule has 9 heteroatoms. The van der Waals surface area contributed by atoms with E-state index in [0.29, 0.717) is 30.6 Å². The maximum atomic E-state index is 12.3. The molecule has 24 heavy (non-hydrogen) atoms. The van der Waals surface area contributed by atoms with Crippen LogP contribution in [-0.4, -0.2) is 62.1 Å². The number of halogens is 1. The van der Waals surface area contributed by atoms with Crippen molar-refractivity contribution < 1.29 is 17.7 Å². The van der Waals surface area contributed by atoms with E-state index >= 15 is 0 Å². The van der Waals surface area contributed by atoms with Gasteiger partial charge in [0.1, 0.15) is 9.84 Å². The van der Waals surface area contributed by atoms with E-state index < -0.39 is 9.84 Å². The van der Waals surface area contributed by atoms with Crippen LogP contribution in [0.3, 0.4) is 0 Å². The van der Waals surface area contributed by atoms with Gasteiger partial charge in [-0.05, 0) is 31.6 Å². The molecule has 0 spiro atoms. The van der Waals surface area contributed by atoms with Crippen molar-refractivity contribution in [2.24, 2.45) is 11.8 Å². The highest BCUT2D eigenvalue weighted by Gasteiger charge is 2.43. The first kappa shape index (κ1) is 19.2. The van der Waals surface area contributed by atoms with E-state index in [9.17, 15) is 13.2 Å². The fraction of sp³-hybridized carbons (Fsp3) is 0.733. The maximum absolute atomic E-state index is 12.3. The molecule has 0 unspecified atom stereocenters. The Bertz CT molecular complexity index is 687. The molecular weight excluding hydrogens is 354 g/mol. The number of hydrogen-bond donors (Lipinski definition) is 1. The number of aryl methyl sites for hydroxylation is 1. The summed E-state index contributed by atoms with van der Waals surface area (Å²) in [5.74, 6) is 1.17. The van der Waals surface area contributed by atoms with Gasteiger partial charge >= 0.3 is 0 Å². The largest absolute Gasteiger partial charge is 0.351 e. The summed E-state index contributed by atoms with van der Waals surface area (Å²) in [5.41, 5.74) is 0.676. The topological polar surface area (TPSA) is 92.5 Å². The molecule has 3 rings (SSSR count). The highest BCUT2D eigenvalue weighted by atomic mass is 35.5. The van der Waals surface area contributed by atoms with Crippen molar-refractivity contribution in [3.05, 3.63) is 17.5 Å². The van der Waals surface area contributed by atoms with Crippen LogP contribution in [0, 0.1) is 18.8 Å². The molecule has 1 aromatic heterocycles. The van der Waals surface area contributed by atoms with Gasteiger partial charge in [0.2, 0.25) is 5.76 Å². The minimum atomic E-state index is -2.97. The fourth-order valence-corrected chi connectivity index (χ4v) is 3.85. The van der Waals surface area contributed by atoms with Gasteiger partial charge in [0.05, 0.1) is 11.4 Å². The first-order valence-electron chi connectivity index (χ1n) is 7.96. The highest BCUT2D eigenvalue weighted by molar-refractivity contribution is 7.90. The molecule has 1 saturated heterocycles. The van der Waals surface area contributed by atoms with Crippen LogP contribution >= 0.6 is 12.4 Å². The smallest absolute Gasteiger partial charge is 0.290 e.